The first kappa shape index (κ1) is 29.5. The van der Waals surface area contributed by atoms with E-state index in [-0.39, 0.29) is 30.6 Å². The summed E-state index contributed by atoms with van der Waals surface area (Å²) in [5.74, 6) is -1.55. The van der Waals surface area contributed by atoms with Crippen molar-refractivity contribution in [2.75, 3.05) is 21.3 Å². The Labute approximate surface area is 233 Å². The first-order valence-corrected chi connectivity index (χ1v) is 13.3. The molecular formula is C32H36F2O6. The van der Waals surface area contributed by atoms with Crippen LogP contribution in [0.1, 0.15) is 61.8 Å². The highest BCUT2D eigenvalue weighted by Crippen LogP contribution is 2.46. The minimum atomic E-state index is -0.950. The lowest BCUT2D eigenvalue weighted by molar-refractivity contribution is -0.137. The van der Waals surface area contributed by atoms with Gasteiger partial charge in [-0.1, -0.05) is 24.3 Å². The molecule has 8 heteroatoms. The van der Waals surface area contributed by atoms with Crippen molar-refractivity contribution >= 4 is 5.97 Å². The predicted molar refractivity (Wildman–Crippen MR) is 148 cm³/mol. The van der Waals surface area contributed by atoms with Gasteiger partial charge in [-0.15, -0.1) is 0 Å². The Hall–Kier alpha value is -3.49. The maximum Gasteiger partial charge on any atom is 0.303 e. The molecule has 0 aliphatic heterocycles. The minimum absolute atomic E-state index is 0.0329. The van der Waals surface area contributed by atoms with Gasteiger partial charge in [-0.05, 0) is 85.2 Å². The second-order valence-corrected chi connectivity index (χ2v) is 10.7. The van der Waals surface area contributed by atoms with Crippen LogP contribution < -0.4 is 9.47 Å². The first-order chi connectivity index (χ1) is 19.1. The van der Waals surface area contributed by atoms with Crippen molar-refractivity contribution < 1.29 is 37.6 Å². The summed E-state index contributed by atoms with van der Waals surface area (Å²) in [4.78, 5) is 11.4. The van der Waals surface area contributed by atoms with Gasteiger partial charge in [0.2, 0.25) is 0 Å². The summed E-state index contributed by atoms with van der Waals surface area (Å²) in [7, 11) is 4.67. The molecule has 40 heavy (non-hydrogen) atoms. The van der Waals surface area contributed by atoms with E-state index in [1.54, 1.807) is 50.6 Å². The van der Waals surface area contributed by atoms with Crippen LogP contribution in [0.25, 0.3) is 11.1 Å². The molecule has 214 valence electrons. The van der Waals surface area contributed by atoms with Gasteiger partial charge in [-0.25, -0.2) is 8.78 Å². The van der Waals surface area contributed by atoms with Crippen LogP contribution in [-0.4, -0.2) is 38.0 Å². The largest absolute Gasteiger partial charge is 0.497 e. The van der Waals surface area contributed by atoms with Crippen molar-refractivity contribution in [1.29, 1.82) is 0 Å². The number of ether oxygens (including phenoxy) is 4. The average molecular weight is 555 g/mol. The number of hydrogen-bond donors (Lipinski definition) is 1. The molecule has 4 rings (SSSR count). The second kappa shape index (κ2) is 12.4. The Balaban J connectivity index is 1.69. The Kier molecular flexibility index (Phi) is 9.11. The molecule has 0 heterocycles. The number of benzene rings is 3. The number of hydrogen-bond acceptors (Lipinski definition) is 5. The van der Waals surface area contributed by atoms with Crippen molar-refractivity contribution in [2.45, 2.75) is 57.3 Å². The number of aliphatic carboxylic acids is 1. The molecular weight excluding hydrogens is 518 g/mol. The Bertz CT molecular complexity index is 1350. The van der Waals surface area contributed by atoms with Crippen LogP contribution in [0.5, 0.6) is 11.5 Å². The third-order valence-electron chi connectivity index (χ3n) is 7.63. The average Bonchev–Trinajstić information content (AvgIpc) is 3.78. The highest BCUT2D eigenvalue weighted by molar-refractivity contribution is 5.71. The summed E-state index contributed by atoms with van der Waals surface area (Å²) in [5.41, 5.74) is 1.94. The summed E-state index contributed by atoms with van der Waals surface area (Å²) >= 11 is 0. The Morgan fingerprint density at radius 1 is 1.00 bits per heavy atom. The lowest BCUT2D eigenvalue weighted by atomic mass is 9.87. The van der Waals surface area contributed by atoms with Gasteiger partial charge in [0.05, 0.1) is 19.1 Å². The van der Waals surface area contributed by atoms with Gasteiger partial charge in [-0.3, -0.25) is 4.79 Å². The van der Waals surface area contributed by atoms with Gasteiger partial charge < -0.3 is 24.1 Å². The molecule has 1 aliphatic carbocycles. The van der Waals surface area contributed by atoms with E-state index < -0.39 is 29.3 Å². The highest BCUT2D eigenvalue weighted by Gasteiger charge is 2.36. The zero-order valence-corrected chi connectivity index (χ0v) is 23.5. The van der Waals surface area contributed by atoms with Crippen molar-refractivity contribution in [3.63, 3.8) is 0 Å². The molecule has 0 bridgehead atoms. The van der Waals surface area contributed by atoms with Crippen LogP contribution >= 0.6 is 0 Å². The maximum absolute atomic E-state index is 15.5. The van der Waals surface area contributed by atoms with Gasteiger partial charge >= 0.3 is 5.97 Å². The molecule has 0 amide bonds. The summed E-state index contributed by atoms with van der Waals surface area (Å²) in [6.07, 6.45) is 1.09. The van der Waals surface area contributed by atoms with Crippen LogP contribution in [0, 0.1) is 17.6 Å². The van der Waals surface area contributed by atoms with Gasteiger partial charge in [0.15, 0.2) is 11.6 Å². The van der Waals surface area contributed by atoms with Gasteiger partial charge in [0.1, 0.15) is 24.3 Å². The molecule has 3 aromatic rings. The molecule has 1 fully saturated rings. The predicted octanol–water partition coefficient (Wildman–Crippen LogP) is 7.30. The molecule has 6 nitrogen and oxygen atoms in total. The van der Waals surface area contributed by atoms with E-state index in [1.165, 1.54) is 19.2 Å². The number of carbonyl (C=O) groups is 1. The van der Waals surface area contributed by atoms with Gasteiger partial charge in [-0.2, -0.15) is 0 Å². The minimum Gasteiger partial charge on any atom is -0.497 e. The molecule has 1 saturated carbocycles. The van der Waals surface area contributed by atoms with Crippen molar-refractivity contribution in [3.05, 3.63) is 82.9 Å². The highest BCUT2D eigenvalue weighted by atomic mass is 19.1. The van der Waals surface area contributed by atoms with Crippen LogP contribution in [0.2, 0.25) is 0 Å². The molecule has 2 atom stereocenters. The second-order valence-electron chi connectivity index (χ2n) is 10.7. The lowest BCUT2D eigenvalue weighted by Gasteiger charge is -2.34. The van der Waals surface area contributed by atoms with E-state index in [4.69, 9.17) is 18.9 Å². The molecule has 1 N–H and O–H groups in total. The van der Waals surface area contributed by atoms with Crippen LogP contribution in [0.3, 0.4) is 0 Å². The third-order valence-corrected chi connectivity index (χ3v) is 7.63. The molecule has 0 unspecified atom stereocenters. The number of carboxylic acid groups (broad SMARTS) is 1. The Morgan fingerprint density at radius 2 is 1.75 bits per heavy atom. The molecule has 0 saturated heterocycles. The zero-order valence-electron chi connectivity index (χ0n) is 23.5. The van der Waals surface area contributed by atoms with Gasteiger partial charge in [0.25, 0.3) is 0 Å². The topological polar surface area (TPSA) is 74.2 Å². The number of halogens is 2. The van der Waals surface area contributed by atoms with Gasteiger partial charge in [0, 0.05) is 25.7 Å². The normalized spacial score (nSPS) is 15.0. The SMILES string of the molecule is COc1ccc(F)c(-c2ccc(COc3cccc([C@H](CC(=O)O)C4CC4)c3F)cc2[C@H](OC)C(C)(C)OC)c1. The number of rotatable bonds is 13. The van der Waals surface area contributed by atoms with Crippen LogP contribution in [-0.2, 0) is 20.9 Å². The lowest BCUT2D eigenvalue weighted by Crippen LogP contribution is -2.33. The summed E-state index contributed by atoms with van der Waals surface area (Å²) < 4.78 is 53.4. The quantitative estimate of drug-likeness (QED) is 0.239. The summed E-state index contributed by atoms with van der Waals surface area (Å²) in [6, 6.07) is 14.8. The monoisotopic (exact) mass is 554 g/mol. The number of methoxy groups -OCH3 is 3. The van der Waals surface area contributed by atoms with E-state index in [1.807, 2.05) is 19.9 Å². The van der Waals surface area contributed by atoms with Crippen molar-refractivity contribution in [1.82, 2.24) is 0 Å². The standard InChI is InChI=1S/C32H36F2O6/c1-32(2,39-5)31(38-4)26-15-19(9-13-22(26)25-16-21(37-3)12-14-27(25)33)18-40-28-8-6-7-23(30(28)34)24(17-29(35)36)20-10-11-20/h6-9,12-16,20,24,31H,10-11,17-18H2,1-5H3,(H,35,36)/t24-,31+/m1/s1. The third kappa shape index (κ3) is 6.45. The van der Waals surface area contributed by atoms with Crippen molar-refractivity contribution in [3.8, 4) is 22.6 Å². The fourth-order valence-corrected chi connectivity index (χ4v) is 5.20. The van der Waals surface area contributed by atoms with Crippen molar-refractivity contribution in [2.24, 2.45) is 5.92 Å². The Morgan fingerprint density at radius 3 is 2.38 bits per heavy atom. The summed E-state index contributed by atoms with van der Waals surface area (Å²) in [5, 5.41) is 9.35. The van der Waals surface area contributed by atoms with E-state index >= 15 is 8.78 Å². The molecule has 0 spiro atoms. The molecule has 1 aliphatic rings. The zero-order chi connectivity index (χ0) is 29.0. The van der Waals surface area contributed by atoms with E-state index in [0.717, 1.165) is 12.8 Å². The fraction of sp³-hybridized carbons (Fsp3) is 0.406. The fourth-order valence-electron chi connectivity index (χ4n) is 5.20. The summed E-state index contributed by atoms with van der Waals surface area (Å²) in [6.45, 7) is 3.79. The molecule has 3 aromatic carbocycles. The maximum atomic E-state index is 15.5. The van der Waals surface area contributed by atoms with Crippen LogP contribution in [0.15, 0.2) is 54.6 Å². The molecule has 0 radical (unpaired) electrons. The van der Waals surface area contributed by atoms with Crippen LogP contribution in [0.4, 0.5) is 8.78 Å². The molecule has 0 aromatic heterocycles. The first-order valence-electron chi connectivity index (χ1n) is 13.3. The van der Waals surface area contributed by atoms with E-state index in [9.17, 15) is 9.90 Å². The number of carboxylic acids is 1. The van der Waals surface area contributed by atoms with E-state index in [2.05, 4.69) is 0 Å². The van der Waals surface area contributed by atoms with E-state index in [0.29, 0.717) is 33.6 Å². The smallest absolute Gasteiger partial charge is 0.303 e.